The number of benzene rings is 1. The van der Waals surface area contributed by atoms with Crippen molar-refractivity contribution in [3.63, 3.8) is 0 Å². The van der Waals surface area contributed by atoms with Crippen LogP contribution in [-0.4, -0.2) is 16.6 Å². The summed E-state index contributed by atoms with van der Waals surface area (Å²) in [6.07, 6.45) is -1.72. The molecule has 20 heavy (non-hydrogen) atoms. The van der Waals surface area contributed by atoms with E-state index in [9.17, 15) is 28.1 Å². The number of hydrogen-bond donors (Lipinski definition) is 0. The number of non-ortho nitro benzene ring substituents is 1. The minimum Gasteiger partial charge on any atom is -0.294 e. The fourth-order valence-electron chi connectivity index (χ4n) is 1.49. The molecule has 0 saturated heterocycles. The zero-order valence-corrected chi connectivity index (χ0v) is 11.2. The van der Waals surface area contributed by atoms with Crippen molar-refractivity contribution in [1.82, 2.24) is 0 Å². The normalized spacial score (nSPS) is 11.4. The van der Waals surface area contributed by atoms with E-state index in [-0.39, 0.29) is 0 Å². The second-order valence-electron chi connectivity index (χ2n) is 4.18. The van der Waals surface area contributed by atoms with Crippen LogP contribution in [0.5, 0.6) is 0 Å². The van der Waals surface area contributed by atoms with Crippen LogP contribution in [0.15, 0.2) is 12.1 Å². The molecule has 0 aromatic heterocycles. The maximum absolute atomic E-state index is 13.4. The van der Waals surface area contributed by atoms with Crippen LogP contribution in [0.1, 0.15) is 36.5 Å². The largest absolute Gasteiger partial charge is 0.294 e. The molecule has 8 heteroatoms. The van der Waals surface area contributed by atoms with E-state index in [0.29, 0.717) is 6.07 Å². The molecule has 0 spiro atoms. The number of alkyl halides is 2. The monoisotopic (exact) mass is 309 g/mol. The Labute approximate surface area is 117 Å². The van der Waals surface area contributed by atoms with Gasteiger partial charge in [-0.05, 0) is 0 Å². The summed E-state index contributed by atoms with van der Waals surface area (Å²) in [6.45, 7) is 1.27. The molecule has 0 aliphatic carbocycles. The predicted octanol–water partition coefficient (Wildman–Crippen LogP) is 4.40. The number of halogens is 4. The number of nitro groups is 1. The number of ketones is 1. The van der Waals surface area contributed by atoms with Gasteiger partial charge in [-0.2, -0.15) is 0 Å². The number of hydrogen-bond acceptors (Lipinski definition) is 3. The molecular formula is C12H11ClF3NO3. The summed E-state index contributed by atoms with van der Waals surface area (Å²) in [5.74, 6) is -5.00. The number of carbonyl (C=O) groups excluding carboxylic acids is 1. The first-order chi connectivity index (χ1) is 9.18. The maximum Gasteiger partial charge on any atom is 0.273 e. The minimum atomic E-state index is -3.01. The molecule has 0 N–H and O–H groups in total. The molecule has 0 atom stereocenters. The van der Waals surface area contributed by atoms with E-state index >= 15 is 0 Å². The Morgan fingerprint density at radius 3 is 2.55 bits per heavy atom. The summed E-state index contributed by atoms with van der Waals surface area (Å²) in [5.41, 5.74) is -1.11. The lowest BCUT2D eigenvalue weighted by atomic mass is 10.0. The molecule has 1 aromatic carbocycles. The molecule has 4 nitrogen and oxygen atoms in total. The molecule has 0 amide bonds. The highest BCUT2D eigenvalue weighted by Crippen LogP contribution is 2.29. The highest BCUT2D eigenvalue weighted by molar-refractivity contribution is 6.34. The van der Waals surface area contributed by atoms with Crippen molar-refractivity contribution in [2.24, 2.45) is 0 Å². The highest BCUT2D eigenvalue weighted by atomic mass is 35.5. The van der Waals surface area contributed by atoms with Crippen molar-refractivity contribution < 1.29 is 22.9 Å². The summed E-state index contributed by atoms with van der Waals surface area (Å²) in [7, 11) is 0. The Hall–Kier alpha value is -1.63. The Morgan fingerprint density at radius 2 is 2.05 bits per heavy atom. The van der Waals surface area contributed by atoms with Crippen LogP contribution in [0.2, 0.25) is 5.02 Å². The second kappa shape index (κ2) is 6.21. The van der Waals surface area contributed by atoms with E-state index < -0.39 is 58.0 Å². The third-order valence-electron chi connectivity index (χ3n) is 2.76. The van der Waals surface area contributed by atoms with Crippen LogP contribution in [0.25, 0.3) is 0 Å². The number of rotatable bonds is 6. The first-order valence-corrected chi connectivity index (χ1v) is 6.10. The predicted molar refractivity (Wildman–Crippen MR) is 66.9 cm³/mol. The van der Waals surface area contributed by atoms with Crippen molar-refractivity contribution >= 4 is 23.1 Å². The topological polar surface area (TPSA) is 60.2 Å². The molecule has 0 unspecified atom stereocenters. The van der Waals surface area contributed by atoms with E-state index in [2.05, 4.69) is 0 Å². The van der Waals surface area contributed by atoms with E-state index in [0.717, 1.165) is 6.07 Å². The second-order valence-corrected chi connectivity index (χ2v) is 4.56. The number of Topliss-reactive ketones (excluding diaryl/α,β-unsaturated/α-hetero) is 1. The van der Waals surface area contributed by atoms with E-state index in [4.69, 9.17) is 11.6 Å². The Morgan fingerprint density at radius 1 is 1.45 bits per heavy atom. The Balaban J connectivity index is 3.01. The highest BCUT2D eigenvalue weighted by Gasteiger charge is 2.28. The average Bonchev–Trinajstić information content (AvgIpc) is 2.38. The van der Waals surface area contributed by atoms with Gasteiger partial charge in [-0.25, -0.2) is 13.2 Å². The van der Waals surface area contributed by atoms with Crippen molar-refractivity contribution in [2.45, 2.75) is 32.1 Å². The minimum absolute atomic E-state index is 0.433. The van der Waals surface area contributed by atoms with Crippen LogP contribution in [0.3, 0.4) is 0 Å². The van der Waals surface area contributed by atoms with Crippen LogP contribution in [0.4, 0.5) is 18.9 Å². The third kappa shape index (κ3) is 3.93. The Bertz CT molecular complexity index is 549. The zero-order valence-electron chi connectivity index (χ0n) is 10.5. The number of nitrogens with zero attached hydrogens (tertiary/aromatic N) is 1. The zero-order chi connectivity index (χ0) is 15.5. The van der Waals surface area contributed by atoms with Crippen LogP contribution in [0, 0.1) is 15.9 Å². The quantitative estimate of drug-likeness (QED) is 0.444. The molecular weight excluding hydrogens is 299 g/mol. The fraction of sp³-hybridized carbons (Fsp3) is 0.417. The molecule has 0 bridgehead atoms. The van der Waals surface area contributed by atoms with Gasteiger partial charge >= 0.3 is 0 Å². The summed E-state index contributed by atoms with van der Waals surface area (Å²) in [4.78, 5) is 21.4. The lowest BCUT2D eigenvalue weighted by Gasteiger charge is -2.13. The van der Waals surface area contributed by atoms with Crippen LogP contribution < -0.4 is 0 Å². The van der Waals surface area contributed by atoms with E-state index in [1.165, 1.54) is 6.92 Å². The van der Waals surface area contributed by atoms with Gasteiger partial charge in [0, 0.05) is 30.9 Å². The van der Waals surface area contributed by atoms with Crippen LogP contribution in [-0.2, 0) is 0 Å². The SMILES string of the molecule is CCC(F)(F)CCC(=O)c1cc([N+](=O)[O-])cc(F)c1Cl. The number of nitro benzene ring substituents is 1. The molecule has 0 aliphatic rings. The maximum atomic E-state index is 13.4. The van der Waals surface area contributed by atoms with Crippen molar-refractivity contribution in [3.8, 4) is 0 Å². The van der Waals surface area contributed by atoms with Gasteiger partial charge in [0.15, 0.2) is 5.78 Å². The number of carbonyl (C=O) groups is 1. The fourth-order valence-corrected chi connectivity index (χ4v) is 1.71. The van der Waals surface area contributed by atoms with Crippen LogP contribution >= 0.6 is 11.6 Å². The van der Waals surface area contributed by atoms with Gasteiger partial charge in [0.05, 0.1) is 16.0 Å². The summed E-state index contributed by atoms with van der Waals surface area (Å²) in [6, 6.07) is 1.36. The third-order valence-corrected chi connectivity index (χ3v) is 3.14. The van der Waals surface area contributed by atoms with Gasteiger partial charge in [-0.3, -0.25) is 14.9 Å². The van der Waals surface area contributed by atoms with E-state index in [1.807, 2.05) is 0 Å². The first-order valence-electron chi connectivity index (χ1n) is 5.72. The molecule has 110 valence electrons. The molecule has 0 aliphatic heterocycles. The van der Waals surface area contributed by atoms with Crippen molar-refractivity contribution in [3.05, 3.63) is 38.7 Å². The molecule has 0 radical (unpaired) electrons. The average molecular weight is 310 g/mol. The van der Waals surface area contributed by atoms with Gasteiger partial charge in [0.1, 0.15) is 5.82 Å². The van der Waals surface area contributed by atoms with E-state index in [1.54, 1.807) is 0 Å². The lowest BCUT2D eigenvalue weighted by Crippen LogP contribution is -2.16. The van der Waals surface area contributed by atoms with Crippen molar-refractivity contribution in [2.75, 3.05) is 0 Å². The first kappa shape index (κ1) is 16.4. The molecule has 1 rings (SSSR count). The molecule has 0 saturated carbocycles. The smallest absolute Gasteiger partial charge is 0.273 e. The lowest BCUT2D eigenvalue weighted by molar-refractivity contribution is -0.385. The molecule has 0 fully saturated rings. The van der Waals surface area contributed by atoms with Gasteiger partial charge in [-0.15, -0.1) is 0 Å². The standard InChI is InChI=1S/C12H11ClF3NO3/c1-2-12(15,16)4-3-10(18)8-5-7(17(19)20)6-9(14)11(8)13/h5-6H,2-4H2,1H3. The van der Waals surface area contributed by atoms with Crippen molar-refractivity contribution in [1.29, 1.82) is 0 Å². The molecule has 0 heterocycles. The Kier molecular flexibility index (Phi) is 5.10. The van der Waals surface area contributed by atoms with Gasteiger partial charge in [0.25, 0.3) is 5.69 Å². The van der Waals surface area contributed by atoms with Gasteiger partial charge < -0.3 is 0 Å². The van der Waals surface area contributed by atoms with Gasteiger partial charge in [-0.1, -0.05) is 18.5 Å². The van der Waals surface area contributed by atoms with Gasteiger partial charge in [0.2, 0.25) is 5.92 Å². The summed E-state index contributed by atoms with van der Waals surface area (Å²) in [5, 5.41) is 9.97. The summed E-state index contributed by atoms with van der Waals surface area (Å²) < 4.78 is 39.5. The molecule has 1 aromatic rings. The summed E-state index contributed by atoms with van der Waals surface area (Å²) >= 11 is 5.54.